The number of benzene rings is 2. The summed E-state index contributed by atoms with van der Waals surface area (Å²) in [5.41, 5.74) is 2.62. The summed E-state index contributed by atoms with van der Waals surface area (Å²) in [5.74, 6) is -0.115. The Morgan fingerprint density at radius 3 is 2.08 bits per heavy atom. The third-order valence-corrected chi connectivity index (χ3v) is 5.00. The van der Waals surface area contributed by atoms with E-state index in [0.717, 1.165) is 28.7 Å². The highest BCUT2D eigenvalue weighted by molar-refractivity contribution is 8.16. The smallest absolute Gasteiger partial charge is 0.273 e. The Bertz CT molecular complexity index is 801. The monoisotopic (exact) mass is 353 g/mol. The molecule has 0 bridgehead atoms. The maximum Gasteiger partial charge on any atom is 0.289 e. The quantitative estimate of drug-likeness (QED) is 0.701. The van der Waals surface area contributed by atoms with E-state index in [1.807, 2.05) is 54.6 Å². The largest absolute Gasteiger partial charge is 0.289 e. The highest BCUT2D eigenvalue weighted by atomic mass is 32.2. The van der Waals surface area contributed by atoms with Crippen LogP contribution in [0.4, 0.5) is 16.2 Å². The van der Waals surface area contributed by atoms with Gasteiger partial charge in [0.2, 0.25) is 5.91 Å². The molecule has 128 valence electrons. The molecule has 6 heteroatoms. The van der Waals surface area contributed by atoms with Crippen LogP contribution in [-0.4, -0.2) is 27.3 Å². The first-order valence-corrected chi connectivity index (χ1v) is 8.88. The van der Waals surface area contributed by atoms with Gasteiger partial charge in [0.05, 0.1) is 16.1 Å². The molecule has 2 aromatic carbocycles. The van der Waals surface area contributed by atoms with Crippen LogP contribution in [0.15, 0.2) is 64.8 Å². The zero-order valence-corrected chi connectivity index (χ0v) is 15.0. The molecule has 1 fully saturated rings. The molecular weight excluding hydrogens is 334 g/mol. The van der Waals surface area contributed by atoms with Gasteiger partial charge in [0.25, 0.3) is 5.24 Å². The van der Waals surface area contributed by atoms with E-state index in [1.165, 1.54) is 4.90 Å². The van der Waals surface area contributed by atoms with Gasteiger partial charge in [-0.1, -0.05) is 30.3 Å². The summed E-state index contributed by atoms with van der Waals surface area (Å²) >= 11 is 1.09. The molecule has 0 saturated carbocycles. The zero-order valence-electron chi connectivity index (χ0n) is 14.2. The average molecular weight is 353 g/mol. The van der Waals surface area contributed by atoms with E-state index in [-0.39, 0.29) is 11.1 Å². The van der Waals surface area contributed by atoms with Gasteiger partial charge >= 0.3 is 0 Å². The molecule has 2 aromatic rings. The van der Waals surface area contributed by atoms with Gasteiger partial charge in [-0.3, -0.25) is 14.5 Å². The summed E-state index contributed by atoms with van der Waals surface area (Å²) < 4.78 is -0.654. The molecule has 1 saturated heterocycles. The molecule has 1 aliphatic heterocycles. The van der Waals surface area contributed by atoms with E-state index in [2.05, 4.69) is 10.2 Å². The van der Waals surface area contributed by atoms with Gasteiger partial charge in [-0.2, -0.15) is 10.2 Å². The normalized spacial score (nSPS) is 16.8. The average Bonchev–Trinajstić information content (AvgIpc) is 2.80. The number of hydrogen-bond acceptors (Lipinski definition) is 5. The first kappa shape index (κ1) is 17.4. The number of azo groups is 1. The molecule has 0 aliphatic carbocycles. The second-order valence-electron chi connectivity index (χ2n) is 6.29. The van der Waals surface area contributed by atoms with Crippen LogP contribution in [0.5, 0.6) is 0 Å². The molecule has 1 aliphatic rings. The number of rotatable bonds is 5. The van der Waals surface area contributed by atoms with Crippen LogP contribution >= 0.6 is 11.8 Å². The molecule has 0 N–H and O–H groups in total. The maximum atomic E-state index is 12.2. The minimum Gasteiger partial charge on any atom is -0.273 e. The van der Waals surface area contributed by atoms with Crippen LogP contribution in [0, 0.1) is 0 Å². The molecule has 0 atom stereocenters. The van der Waals surface area contributed by atoms with Gasteiger partial charge in [-0.05, 0) is 61.9 Å². The molecule has 0 unspecified atom stereocenters. The van der Waals surface area contributed by atoms with Crippen LogP contribution in [-0.2, 0) is 11.2 Å². The number of amides is 2. The second-order valence-corrected chi connectivity index (χ2v) is 7.86. The van der Waals surface area contributed by atoms with Crippen molar-refractivity contribution in [3.05, 3.63) is 60.2 Å². The van der Waals surface area contributed by atoms with Crippen molar-refractivity contribution in [1.29, 1.82) is 0 Å². The molecule has 1 heterocycles. The summed E-state index contributed by atoms with van der Waals surface area (Å²) in [4.78, 5) is 25.5. The molecule has 0 aromatic heterocycles. The fourth-order valence-corrected chi connectivity index (χ4v) is 3.42. The Kier molecular flexibility index (Phi) is 4.99. The van der Waals surface area contributed by atoms with Crippen LogP contribution in [0.2, 0.25) is 0 Å². The minimum atomic E-state index is -0.654. The van der Waals surface area contributed by atoms with Gasteiger partial charge in [-0.15, -0.1) is 0 Å². The summed E-state index contributed by atoms with van der Waals surface area (Å²) in [7, 11) is 0. The molecular formula is C19H19N3O2S. The van der Waals surface area contributed by atoms with E-state index in [4.69, 9.17) is 0 Å². The Morgan fingerprint density at radius 1 is 0.920 bits per heavy atom. The molecule has 3 rings (SSSR count). The number of nitrogens with zero attached hydrogens (tertiary/aromatic N) is 3. The third-order valence-electron chi connectivity index (χ3n) is 3.92. The lowest BCUT2D eigenvalue weighted by Crippen LogP contribution is -2.36. The Balaban J connectivity index is 1.59. The summed E-state index contributed by atoms with van der Waals surface area (Å²) in [5, 5.41) is 8.21. The van der Waals surface area contributed by atoms with Crippen molar-refractivity contribution in [3.8, 4) is 0 Å². The maximum absolute atomic E-state index is 12.2. The van der Waals surface area contributed by atoms with E-state index in [0.29, 0.717) is 13.0 Å². The molecule has 2 amide bonds. The van der Waals surface area contributed by atoms with Crippen molar-refractivity contribution in [3.63, 3.8) is 0 Å². The zero-order chi connectivity index (χ0) is 17.9. The Labute approximate surface area is 151 Å². The first-order chi connectivity index (χ1) is 12.0. The highest BCUT2D eigenvalue weighted by Crippen LogP contribution is 2.36. The number of carbonyl (C=O) groups is 2. The minimum absolute atomic E-state index is 0.115. The molecule has 0 spiro atoms. The van der Waals surface area contributed by atoms with Crippen LogP contribution in [0.1, 0.15) is 19.4 Å². The molecule has 0 radical (unpaired) electrons. The lowest BCUT2D eigenvalue weighted by molar-refractivity contribution is -0.128. The van der Waals surface area contributed by atoms with Crippen molar-refractivity contribution in [1.82, 2.24) is 4.90 Å². The first-order valence-electron chi connectivity index (χ1n) is 8.06. The number of carbonyl (C=O) groups excluding carboxylic acids is 2. The molecule has 25 heavy (non-hydrogen) atoms. The third kappa shape index (κ3) is 4.14. The number of imide groups is 1. The predicted octanol–water partition coefficient (Wildman–Crippen LogP) is 5.12. The van der Waals surface area contributed by atoms with Crippen molar-refractivity contribution in [2.24, 2.45) is 10.2 Å². The van der Waals surface area contributed by atoms with Crippen LogP contribution < -0.4 is 0 Å². The van der Waals surface area contributed by atoms with Crippen molar-refractivity contribution >= 4 is 34.3 Å². The fraction of sp³-hybridized carbons (Fsp3) is 0.263. The lowest BCUT2D eigenvalue weighted by Gasteiger charge is -2.16. The second kappa shape index (κ2) is 7.19. The SMILES string of the molecule is CC1(C)SC(=O)N(CCc2ccc(N=Nc3ccccc3)cc2)C1=O. The standard InChI is InChI=1S/C19H19N3O2S/c1-19(2)17(23)22(18(24)25-19)13-12-14-8-10-16(11-9-14)21-20-15-6-4-3-5-7-15/h3-11H,12-13H2,1-2H3. The topological polar surface area (TPSA) is 62.1 Å². The number of hydrogen-bond donors (Lipinski definition) is 0. The van der Waals surface area contributed by atoms with Gasteiger partial charge < -0.3 is 0 Å². The van der Waals surface area contributed by atoms with Crippen molar-refractivity contribution in [2.75, 3.05) is 6.54 Å². The highest BCUT2D eigenvalue weighted by Gasteiger charge is 2.45. The van der Waals surface area contributed by atoms with E-state index >= 15 is 0 Å². The lowest BCUT2D eigenvalue weighted by atomic mass is 10.1. The summed E-state index contributed by atoms with van der Waals surface area (Å²) in [6, 6.07) is 17.2. The summed E-state index contributed by atoms with van der Waals surface area (Å²) in [6.07, 6.45) is 0.629. The van der Waals surface area contributed by atoms with E-state index < -0.39 is 4.75 Å². The Morgan fingerprint density at radius 2 is 1.52 bits per heavy atom. The summed E-state index contributed by atoms with van der Waals surface area (Å²) in [6.45, 7) is 3.97. The Hall–Kier alpha value is -2.47. The van der Waals surface area contributed by atoms with Gasteiger partial charge in [0.15, 0.2) is 0 Å². The van der Waals surface area contributed by atoms with Gasteiger partial charge in [0, 0.05) is 6.54 Å². The number of thioether (sulfide) groups is 1. The molecule has 5 nitrogen and oxygen atoms in total. The van der Waals surface area contributed by atoms with Crippen molar-refractivity contribution in [2.45, 2.75) is 25.0 Å². The van der Waals surface area contributed by atoms with Crippen molar-refractivity contribution < 1.29 is 9.59 Å². The van der Waals surface area contributed by atoms with Crippen LogP contribution in [0.25, 0.3) is 0 Å². The van der Waals surface area contributed by atoms with Crippen LogP contribution in [0.3, 0.4) is 0 Å². The van der Waals surface area contributed by atoms with Gasteiger partial charge in [-0.25, -0.2) is 0 Å². The predicted molar refractivity (Wildman–Crippen MR) is 99.5 cm³/mol. The fourth-order valence-electron chi connectivity index (χ4n) is 2.50. The van der Waals surface area contributed by atoms with E-state index in [9.17, 15) is 9.59 Å². The van der Waals surface area contributed by atoms with E-state index in [1.54, 1.807) is 13.8 Å². The van der Waals surface area contributed by atoms with Gasteiger partial charge in [0.1, 0.15) is 0 Å².